The smallest absolute Gasteiger partial charge is 0.126 e. The quantitative estimate of drug-likeness (QED) is 0.801. The van der Waals surface area contributed by atoms with Crippen LogP contribution in [0.15, 0.2) is 18.2 Å². The van der Waals surface area contributed by atoms with E-state index in [1.165, 1.54) is 12.1 Å². The van der Waals surface area contributed by atoms with Gasteiger partial charge in [0.1, 0.15) is 11.6 Å². The summed E-state index contributed by atoms with van der Waals surface area (Å²) in [6.07, 6.45) is 2.54. The van der Waals surface area contributed by atoms with Gasteiger partial charge in [-0.2, -0.15) is 0 Å². The lowest BCUT2D eigenvalue weighted by atomic mass is 9.73. The van der Waals surface area contributed by atoms with Crippen LogP contribution in [0.1, 0.15) is 38.7 Å². The number of aliphatic hydroxyl groups excluding tert-OH is 1. The lowest BCUT2D eigenvalue weighted by Crippen LogP contribution is -2.40. The van der Waals surface area contributed by atoms with Gasteiger partial charge in [0.05, 0.1) is 6.61 Å². The van der Waals surface area contributed by atoms with Crippen molar-refractivity contribution in [3.63, 3.8) is 0 Å². The van der Waals surface area contributed by atoms with Gasteiger partial charge in [0.2, 0.25) is 0 Å². The van der Waals surface area contributed by atoms with Gasteiger partial charge in [0.15, 0.2) is 0 Å². The van der Waals surface area contributed by atoms with Gasteiger partial charge < -0.3 is 10.8 Å². The Hall–Kier alpha value is -1.00. The molecule has 3 N–H and O–H groups in total. The number of hydrogen-bond donors (Lipinski definition) is 2. The molecular formula is C15H23F2NO. The Balaban J connectivity index is 3.16. The summed E-state index contributed by atoms with van der Waals surface area (Å²) in [4.78, 5) is 0. The zero-order chi connectivity index (χ0) is 14.5. The maximum Gasteiger partial charge on any atom is 0.126 e. The van der Waals surface area contributed by atoms with Gasteiger partial charge in [0, 0.05) is 18.0 Å². The van der Waals surface area contributed by atoms with Crippen molar-refractivity contribution in [2.45, 2.75) is 38.5 Å². The van der Waals surface area contributed by atoms with Crippen molar-refractivity contribution in [2.75, 3.05) is 13.2 Å². The SMILES string of the molecule is CCC(CC)CC(CN)(CO)c1cc(F)cc(F)c1. The fourth-order valence-corrected chi connectivity index (χ4v) is 2.53. The molecule has 108 valence electrons. The van der Waals surface area contributed by atoms with Crippen molar-refractivity contribution in [1.29, 1.82) is 0 Å². The Bertz CT molecular complexity index is 381. The third kappa shape index (κ3) is 3.74. The molecule has 0 amide bonds. The summed E-state index contributed by atoms with van der Waals surface area (Å²) in [6, 6.07) is 3.38. The van der Waals surface area contributed by atoms with Crippen LogP contribution in [-0.2, 0) is 5.41 Å². The van der Waals surface area contributed by atoms with Crippen LogP contribution in [0, 0.1) is 17.6 Å². The van der Waals surface area contributed by atoms with Crippen LogP contribution in [0.4, 0.5) is 8.78 Å². The summed E-state index contributed by atoms with van der Waals surface area (Å²) < 4.78 is 26.7. The maximum absolute atomic E-state index is 13.4. The normalized spacial score (nSPS) is 14.7. The lowest BCUT2D eigenvalue weighted by molar-refractivity contribution is 0.165. The van der Waals surface area contributed by atoms with E-state index in [0.717, 1.165) is 18.9 Å². The van der Waals surface area contributed by atoms with Gasteiger partial charge in [-0.1, -0.05) is 26.7 Å². The van der Waals surface area contributed by atoms with Gasteiger partial charge in [0.25, 0.3) is 0 Å². The highest BCUT2D eigenvalue weighted by atomic mass is 19.1. The van der Waals surface area contributed by atoms with Crippen molar-refractivity contribution in [3.05, 3.63) is 35.4 Å². The molecule has 1 rings (SSSR count). The highest BCUT2D eigenvalue weighted by molar-refractivity contribution is 5.28. The van der Waals surface area contributed by atoms with Crippen LogP contribution in [0.3, 0.4) is 0 Å². The second-order valence-electron chi connectivity index (χ2n) is 5.19. The Morgan fingerprint density at radius 2 is 1.68 bits per heavy atom. The Morgan fingerprint density at radius 1 is 1.16 bits per heavy atom. The highest BCUT2D eigenvalue weighted by Gasteiger charge is 2.33. The van der Waals surface area contributed by atoms with Crippen LogP contribution < -0.4 is 5.73 Å². The molecule has 1 atom stereocenters. The van der Waals surface area contributed by atoms with E-state index in [2.05, 4.69) is 13.8 Å². The summed E-state index contributed by atoms with van der Waals surface area (Å²) in [6.45, 7) is 4.10. The van der Waals surface area contributed by atoms with Gasteiger partial charge in [-0.25, -0.2) is 8.78 Å². The molecule has 19 heavy (non-hydrogen) atoms. The molecule has 0 spiro atoms. The van der Waals surface area contributed by atoms with Gasteiger partial charge >= 0.3 is 0 Å². The molecule has 1 aromatic carbocycles. The minimum absolute atomic E-state index is 0.170. The first kappa shape index (κ1) is 16.1. The second-order valence-corrected chi connectivity index (χ2v) is 5.19. The van der Waals surface area contributed by atoms with E-state index >= 15 is 0 Å². The zero-order valence-electron chi connectivity index (χ0n) is 11.6. The van der Waals surface area contributed by atoms with E-state index in [-0.39, 0.29) is 13.2 Å². The summed E-state index contributed by atoms with van der Waals surface area (Å²) in [5.41, 5.74) is 5.49. The number of hydrogen-bond acceptors (Lipinski definition) is 2. The van der Waals surface area contributed by atoms with Crippen molar-refractivity contribution >= 4 is 0 Å². The Morgan fingerprint density at radius 3 is 2.05 bits per heavy atom. The van der Waals surface area contributed by atoms with Crippen LogP contribution in [0.5, 0.6) is 0 Å². The number of nitrogens with two attached hydrogens (primary N) is 1. The molecule has 0 radical (unpaired) electrons. The molecule has 0 aliphatic carbocycles. The fourth-order valence-electron chi connectivity index (χ4n) is 2.53. The molecule has 0 fully saturated rings. The number of rotatable bonds is 7. The molecular weight excluding hydrogens is 248 g/mol. The first-order chi connectivity index (χ1) is 9.01. The molecule has 0 aliphatic rings. The monoisotopic (exact) mass is 271 g/mol. The molecule has 1 unspecified atom stereocenters. The predicted octanol–water partition coefficient (Wildman–Crippen LogP) is 2.98. The zero-order valence-corrected chi connectivity index (χ0v) is 11.6. The van der Waals surface area contributed by atoms with Crippen LogP contribution in [0.2, 0.25) is 0 Å². The molecule has 4 heteroatoms. The second kappa shape index (κ2) is 6.96. The van der Waals surface area contributed by atoms with Crippen LogP contribution in [-0.4, -0.2) is 18.3 Å². The minimum atomic E-state index is -0.764. The fraction of sp³-hybridized carbons (Fsp3) is 0.600. The van der Waals surface area contributed by atoms with Gasteiger partial charge in [-0.05, 0) is 30.0 Å². The first-order valence-corrected chi connectivity index (χ1v) is 6.78. The number of benzene rings is 1. The van der Waals surface area contributed by atoms with Crippen molar-refractivity contribution in [1.82, 2.24) is 0 Å². The van der Waals surface area contributed by atoms with E-state index in [9.17, 15) is 13.9 Å². The third-order valence-electron chi connectivity index (χ3n) is 4.00. The summed E-state index contributed by atoms with van der Waals surface area (Å²) in [5.74, 6) is -0.890. The largest absolute Gasteiger partial charge is 0.395 e. The van der Waals surface area contributed by atoms with E-state index in [0.29, 0.717) is 17.9 Å². The van der Waals surface area contributed by atoms with E-state index in [1.807, 2.05) is 0 Å². The maximum atomic E-state index is 13.4. The van der Waals surface area contributed by atoms with E-state index in [4.69, 9.17) is 5.73 Å². The van der Waals surface area contributed by atoms with E-state index < -0.39 is 17.0 Å². The molecule has 0 aliphatic heterocycles. The Kier molecular flexibility index (Phi) is 5.88. The average Bonchev–Trinajstić information content (AvgIpc) is 2.40. The lowest BCUT2D eigenvalue weighted by Gasteiger charge is -2.34. The van der Waals surface area contributed by atoms with Crippen LogP contribution in [0.25, 0.3) is 0 Å². The molecule has 0 saturated heterocycles. The highest BCUT2D eigenvalue weighted by Crippen LogP contribution is 2.33. The molecule has 0 saturated carbocycles. The van der Waals surface area contributed by atoms with Gasteiger partial charge in [-0.15, -0.1) is 0 Å². The summed E-state index contributed by atoms with van der Waals surface area (Å²) >= 11 is 0. The first-order valence-electron chi connectivity index (χ1n) is 6.78. The minimum Gasteiger partial charge on any atom is -0.395 e. The number of aliphatic hydroxyl groups is 1. The molecule has 2 nitrogen and oxygen atoms in total. The Labute approximate surface area is 113 Å². The van der Waals surface area contributed by atoms with Crippen molar-refractivity contribution in [2.24, 2.45) is 11.7 Å². The third-order valence-corrected chi connectivity index (χ3v) is 4.00. The molecule has 1 aromatic rings. The van der Waals surface area contributed by atoms with E-state index in [1.54, 1.807) is 0 Å². The predicted molar refractivity (Wildman–Crippen MR) is 72.9 cm³/mol. The molecule has 0 heterocycles. The van der Waals surface area contributed by atoms with Crippen molar-refractivity contribution in [3.8, 4) is 0 Å². The summed E-state index contributed by atoms with van der Waals surface area (Å²) in [7, 11) is 0. The van der Waals surface area contributed by atoms with Gasteiger partial charge in [-0.3, -0.25) is 0 Å². The van der Waals surface area contributed by atoms with Crippen LogP contribution >= 0.6 is 0 Å². The standard InChI is InChI=1S/C15H23F2NO/c1-3-11(4-2)8-15(9-18,10-19)12-5-13(16)7-14(17)6-12/h5-7,11,19H,3-4,8-10,18H2,1-2H3. The molecule has 0 aromatic heterocycles. The topological polar surface area (TPSA) is 46.2 Å². The van der Waals surface area contributed by atoms with Crippen molar-refractivity contribution < 1.29 is 13.9 Å². The molecule has 0 bridgehead atoms. The average molecular weight is 271 g/mol. The summed E-state index contributed by atoms with van der Waals surface area (Å²) in [5, 5.41) is 9.73. The number of halogens is 2.